The van der Waals surface area contributed by atoms with Gasteiger partial charge in [0.15, 0.2) is 0 Å². The molecule has 0 aliphatic rings. The van der Waals surface area contributed by atoms with E-state index in [-0.39, 0.29) is 17.4 Å². The van der Waals surface area contributed by atoms with E-state index >= 15 is 0 Å². The number of rotatable bonds is 9. The lowest BCUT2D eigenvalue weighted by Crippen LogP contribution is -2.13. The zero-order valence-corrected chi connectivity index (χ0v) is 25.6. The minimum absolute atomic E-state index is 0.0668. The summed E-state index contributed by atoms with van der Waals surface area (Å²) in [5, 5.41) is 9.91. The van der Waals surface area contributed by atoms with E-state index in [4.69, 9.17) is 21.1 Å². The number of thiophene rings is 1. The third-order valence-corrected chi connectivity index (χ3v) is 8.67. The van der Waals surface area contributed by atoms with Crippen LogP contribution in [0.3, 0.4) is 0 Å². The summed E-state index contributed by atoms with van der Waals surface area (Å²) < 4.78 is 26.2. The first kappa shape index (κ1) is 29.3. The fourth-order valence-electron chi connectivity index (χ4n) is 5.09. The summed E-state index contributed by atoms with van der Waals surface area (Å²) in [5.74, 6) is 1.24. The molecule has 3 heterocycles. The molecular formula is C33H27ClFN5O3S. The first-order valence-electron chi connectivity index (χ1n) is 13.7. The Morgan fingerprint density at radius 2 is 1.86 bits per heavy atom. The van der Waals surface area contributed by atoms with Crippen LogP contribution in [0.5, 0.6) is 11.5 Å². The number of amides is 1. The van der Waals surface area contributed by atoms with Crippen molar-refractivity contribution in [2.75, 3.05) is 24.9 Å². The van der Waals surface area contributed by atoms with Gasteiger partial charge in [0.05, 0.1) is 46.4 Å². The number of aryl methyl sites for hydroxylation is 1. The summed E-state index contributed by atoms with van der Waals surface area (Å²) in [6.07, 6.45) is 3.36. The van der Waals surface area contributed by atoms with Crippen LogP contribution in [-0.4, -0.2) is 35.1 Å². The van der Waals surface area contributed by atoms with Crippen LogP contribution in [0.4, 0.5) is 15.9 Å². The van der Waals surface area contributed by atoms with Crippen molar-refractivity contribution < 1.29 is 18.7 Å². The number of aromatic nitrogens is 3. The first-order valence-corrected chi connectivity index (χ1v) is 14.9. The van der Waals surface area contributed by atoms with Crippen molar-refractivity contribution in [1.82, 2.24) is 15.0 Å². The Kier molecular flexibility index (Phi) is 8.28. The number of hydrogen-bond donors (Lipinski definition) is 2. The Bertz CT molecular complexity index is 2030. The number of carbonyl (C=O) groups excluding carboxylic acids is 1. The number of halogens is 2. The van der Waals surface area contributed by atoms with Crippen LogP contribution >= 0.6 is 22.9 Å². The molecule has 0 spiro atoms. The molecule has 8 nitrogen and oxygen atoms in total. The van der Waals surface area contributed by atoms with Gasteiger partial charge < -0.3 is 20.1 Å². The second kappa shape index (κ2) is 12.4. The second-order valence-corrected chi connectivity index (χ2v) is 11.3. The molecule has 0 radical (unpaired) electrons. The van der Waals surface area contributed by atoms with Crippen molar-refractivity contribution in [3.63, 3.8) is 0 Å². The van der Waals surface area contributed by atoms with E-state index < -0.39 is 5.82 Å². The maximum atomic E-state index is 14.7. The van der Waals surface area contributed by atoms with Gasteiger partial charge in [-0.05, 0) is 42.3 Å². The Balaban J connectivity index is 1.27. The topological polar surface area (TPSA) is 98.3 Å². The molecule has 0 aliphatic heterocycles. The Morgan fingerprint density at radius 1 is 1.00 bits per heavy atom. The van der Waals surface area contributed by atoms with E-state index in [2.05, 4.69) is 25.6 Å². The monoisotopic (exact) mass is 627 g/mol. The quantitative estimate of drug-likeness (QED) is 0.169. The third kappa shape index (κ3) is 5.61. The van der Waals surface area contributed by atoms with Gasteiger partial charge in [0.1, 0.15) is 29.5 Å². The molecule has 6 rings (SSSR count). The summed E-state index contributed by atoms with van der Waals surface area (Å²) in [5.41, 5.74) is 4.56. The molecule has 0 saturated carbocycles. The molecule has 0 aliphatic carbocycles. The van der Waals surface area contributed by atoms with Gasteiger partial charge in [0, 0.05) is 46.9 Å². The van der Waals surface area contributed by atoms with Crippen molar-refractivity contribution in [1.29, 1.82) is 0 Å². The van der Waals surface area contributed by atoms with Crippen LogP contribution in [0.15, 0.2) is 72.5 Å². The van der Waals surface area contributed by atoms with E-state index in [1.165, 1.54) is 23.7 Å². The summed E-state index contributed by atoms with van der Waals surface area (Å²) in [7, 11) is 3.22. The predicted molar refractivity (Wildman–Crippen MR) is 173 cm³/mol. The van der Waals surface area contributed by atoms with Gasteiger partial charge in [-0.3, -0.25) is 9.78 Å². The van der Waals surface area contributed by atoms with Crippen LogP contribution < -0.4 is 20.1 Å². The number of benzene rings is 3. The summed E-state index contributed by atoms with van der Waals surface area (Å²) >= 11 is 7.39. The minimum Gasteiger partial charge on any atom is -0.497 e. The highest BCUT2D eigenvalue weighted by atomic mass is 35.5. The van der Waals surface area contributed by atoms with Gasteiger partial charge in [-0.25, -0.2) is 14.4 Å². The molecule has 222 valence electrons. The van der Waals surface area contributed by atoms with Crippen molar-refractivity contribution in [3.8, 4) is 11.5 Å². The van der Waals surface area contributed by atoms with E-state index in [0.29, 0.717) is 51.9 Å². The lowest BCUT2D eigenvalue weighted by Gasteiger charge is -2.14. The van der Waals surface area contributed by atoms with Gasteiger partial charge >= 0.3 is 0 Å². The van der Waals surface area contributed by atoms with Gasteiger partial charge in [0.25, 0.3) is 5.91 Å². The Labute approximate surface area is 261 Å². The molecule has 0 bridgehead atoms. The maximum absolute atomic E-state index is 14.7. The third-order valence-electron chi connectivity index (χ3n) is 7.40. The fraction of sp³-hybridized carbons (Fsp3) is 0.152. The molecule has 6 aromatic rings. The molecule has 0 unspecified atom stereocenters. The molecule has 44 heavy (non-hydrogen) atoms. The van der Waals surface area contributed by atoms with E-state index in [1.54, 1.807) is 37.9 Å². The molecule has 0 atom stereocenters. The molecule has 0 saturated heterocycles. The zero-order valence-electron chi connectivity index (χ0n) is 24.1. The number of methoxy groups -OCH3 is 2. The smallest absolute Gasteiger partial charge is 0.258 e. The number of carbonyl (C=O) groups is 1. The highest BCUT2D eigenvalue weighted by molar-refractivity contribution is 7.18. The second-order valence-electron chi connectivity index (χ2n) is 10.0. The number of pyridine rings is 1. The number of fused-ring (bicyclic) bond motifs is 2. The average Bonchev–Trinajstić information content (AvgIpc) is 3.48. The molecule has 3 aromatic carbocycles. The van der Waals surface area contributed by atoms with Crippen LogP contribution in [0.2, 0.25) is 5.02 Å². The normalized spacial score (nSPS) is 11.1. The number of hydrogen-bond acceptors (Lipinski definition) is 8. The fourth-order valence-corrected chi connectivity index (χ4v) is 6.25. The molecule has 11 heteroatoms. The average molecular weight is 628 g/mol. The van der Waals surface area contributed by atoms with Crippen molar-refractivity contribution in [3.05, 3.63) is 111 Å². The van der Waals surface area contributed by atoms with E-state index in [9.17, 15) is 9.18 Å². The number of nitrogens with zero attached hydrogens (tertiary/aromatic N) is 3. The van der Waals surface area contributed by atoms with Gasteiger partial charge in [-0.1, -0.05) is 35.9 Å². The summed E-state index contributed by atoms with van der Waals surface area (Å²) in [4.78, 5) is 27.1. The largest absolute Gasteiger partial charge is 0.497 e. The maximum Gasteiger partial charge on any atom is 0.258 e. The van der Waals surface area contributed by atoms with Crippen molar-refractivity contribution >= 4 is 61.3 Å². The van der Waals surface area contributed by atoms with Gasteiger partial charge in [-0.15, -0.1) is 11.3 Å². The first-order chi connectivity index (χ1) is 21.4. The lowest BCUT2D eigenvalue weighted by molar-refractivity contribution is 0.102. The van der Waals surface area contributed by atoms with E-state index in [0.717, 1.165) is 26.6 Å². The predicted octanol–water partition coefficient (Wildman–Crippen LogP) is 7.81. The zero-order chi connectivity index (χ0) is 30.8. The van der Waals surface area contributed by atoms with Crippen molar-refractivity contribution in [2.45, 2.75) is 19.9 Å². The van der Waals surface area contributed by atoms with Crippen molar-refractivity contribution in [2.24, 2.45) is 0 Å². The number of ether oxygens (including phenoxy) is 2. The van der Waals surface area contributed by atoms with E-state index in [1.807, 2.05) is 43.3 Å². The van der Waals surface area contributed by atoms with Crippen LogP contribution in [-0.2, 0) is 13.0 Å². The van der Waals surface area contributed by atoms with Gasteiger partial charge in [0.2, 0.25) is 0 Å². The molecule has 2 N–H and O–H groups in total. The summed E-state index contributed by atoms with van der Waals surface area (Å²) in [6.45, 7) is 2.37. The van der Waals surface area contributed by atoms with Crippen LogP contribution in [0, 0.1) is 12.7 Å². The SMILES string of the molecule is COc1ccc(CNc2ncnc3c(C(=O)Nc4c(C)ccc5c(Cc6cccc(Cl)c6F)nccc45)csc23)c(OC)c1. The molecule has 1 amide bonds. The highest BCUT2D eigenvalue weighted by Gasteiger charge is 2.20. The molecule has 0 fully saturated rings. The number of anilines is 2. The lowest BCUT2D eigenvalue weighted by atomic mass is 10.00. The minimum atomic E-state index is -0.461. The highest BCUT2D eigenvalue weighted by Crippen LogP contribution is 2.34. The van der Waals surface area contributed by atoms with Crippen LogP contribution in [0.25, 0.3) is 21.0 Å². The number of nitrogens with one attached hydrogen (secondary N) is 2. The molecular weight excluding hydrogens is 601 g/mol. The Hall–Kier alpha value is -4.80. The summed E-state index contributed by atoms with van der Waals surface area (Å²) in [6, 6.07) is 16.2. The van der Waals surface area contributed by atoms with Gasteiger partial charge in [-0.2, -0.15) is 0 Å². The molecule has 3 aromatic heterocycles. The Morgan fingerprint density at radius 3 is 2.68 bits per heavy atom. The standard InChI is InChI=1S/C33H27ClFN5O3S/c1-18-7-10-22-23(11-12-36-26(22)13-19-5-4-6-25(34)28(19)35)29(18)40-33(41)24-16-44-31-30(24)38-17-39-32(31)37-15-20-8-9-21(42-2)14-27(20)43-3/h4-12,14,16-17H,13,15H2,1-3H3,(H,40,41)(H,37,38,39). The van der Waals surface area contributed by atoms with Crippen LogP contribution in [0.1, 0.15) is 32.7 Å².